The van der Waals surface area contributed by atoms with Crippen LogP contribution in [-0.4, -0.2) is 27.5 Å². The van der Waals surface area contributed by atoms with Gasteiger partial charge in [-0.1, -0.05) is 6.58 Å². The van der Waals surface area contributed by atoms with Crippen LogP contribution < -0.4 is 0 Å². The first kappa shape index (κ1) is 8.19. The van der Waals surface area contributed by atoms with Gasteiger partial charge in [0.2, 0.25) is 0 Å². The largest absolute Gasteiger partial charge is 0.476 e. The molecule has 1 N–H and O–H groups in total. The van der Waals surface area contributed by atoms with Gasteiger partial charge in [-0.25, -0.2) is 14.5 Å². The molecule has 1 aromatic rings. The van der Waals surface area contributed by atoms with Gasteiger partial charge in [-0.15, -0.1) is 0 Å². The quantitative estimate of drug-likeness (QED) is 0.670. The van der Waals surface area contributed by atoms with E-state index in [9.17, 15) is 4.79 Å². The van der Waals surface area contributed by atoms with Crippen molar-refractivity contribution >= 4 is 18.8 Å². The van der Waals surface area contributed by atoms with Gasteiger partial charge in [0.1, 0.15) is 0 Å². The standard InChI is InChI=1S/C7H7N3O2/c1-3-6-9-5(7(11)12)4-10(6)8-2/h3-4H,1-2H2,(H,11,12). The molecule has 0 saturated heterocycles. The van der Waals surface area contributed by atoms with Gasteiger partial charge in [-0.05, 0) is 6.08 Å². The Balaban J connectivity index is 3.22. The van der Waals surface area contributed by atoms with E-state index in [-0.39, 0.29) is 5.69 Å². The van der Waals surface area contributed by atoms with E-state index < -0.39 is 5.97 Å². The van der Waals surface area contributed by atoms with Crippen LogP contribution in [0.4, 0.5) is 0 Å². The third-order valence-corrected chi connectivity index (χ3v) is 1.27. The topological polar surface area (TPSA) is 67.5 Å². The maximum absolute atomic E-state index is 10.4. The highest BCUT2D eigenvalue weighted by molar-refractivity contribution is 5.85. The van der Waals surface area contributed by atoms with Crippen molar-refractivity contribution < 1.29 is 9.90 Å². The third-order valence-electron chi connectivity index (χ3n) is 1.27. The Morgan fingerprint density at radius 2 is 2.50 bits per heavy atom. The number of carboxylic acid groups (broad SMARTS) is 1. The average molecular weight is 165 g/mol. The van der Waals surface area contributed by atoms with Gasteiger partial charge in [-0.2, -0.15) is 5.10 Å². The minimum Gasteiger partial charge on any atom is -0.476 e. The first-order chi connectivity index (χ1) is 5.69. The van der Waals surface area contributed by atoms with E-state index in [0.717, 1.165) is 0 Å². The lowest BCUT2D eigenvalue weighted by molar-refractivity contribution is 0.0691. The zero-order chi connectivity index (χ0) is 9.14. The fourth-order valence-corrected chi connectivity index (χ4v) is 0.741. The molecule has 0 radical (unpaired) electrons. The highest BCUT2D eigenvalue weighted by Crippen LogP contribution is 2.03. The van der Waals surface area contributed by atoms with Crippen molar-refractivity contribution in [3.63, 3.8) is 0 Å². The van der Waals surface area contributed by atoms with Crippen molar-refractivity contribution in [3.05, 3.63) is 24.3 Å². The monoisotopic (exact) mass is 165 g/mol. The van der Waals surface area contributed by atoms with Crippen molar-refractivity contribution in [3.8, 4) is 0 Å². The van der Waals surface area contributed by atoms with Gasteiger partial charge in [0.15, 0.2) is 11.5 Å². The van der Waals surface area contributed by atoms with Crippen molar-refractivity contribution in [1.82, 2.24) is 9.66 Å². The molecule has 0 aliphatic carbocycles. The molecule has 0 spiro atoms. The van der Waals surface area contributed by atoms with Gasteiger partial charge in [0.25, 0.3) is 0 Å². The summed E-state index contributed by atoms with van der Waals surface area (Å²) >= 11 is 0. The molecule has 1 aromatic heterocycles. The van der Waals surface area contributed by atoms with E-state index in [1.54, 1.807) is 0 Å². The van der Waals surface area contributed by atoms with E-state index >= 15 is 0 Å². The lowest BCUT2D eigenvalue weighted by Crippen LogP contribution is -1.95. The van der Waals surface area contributed by atoms with Gasteiger partial charge in [0.05, 0.1) is 6.20 Å². The summed E-state index contributed by atoms with van der Waals surface area (Å²) in [6.07, 6.45) is 2.67. The number of hydrogen-bond donors (Lipinski definition) is 1. The zero-order valence-electron chi connectivity index (χ0n) is 6.27. The van der Waals surface area contributed by atoms with Crippen LogP contribution in [0.15, 0.2) is 17.9 Å². The van der Waals surface area contributed by atoms with Gasteiger partial charge in [0, 0.05) is 6.72 Å². The van der Waals surface area contributed by atoms with Crippen molar-refractivity contribution in [2.75, 3.05) is 0 Å². The number of carbonyl (C=O) groups is 1. The van der Waals surface area contributed by atoms with E-state index in [1.165, 1.54) is 16.9 Å². The molecular formula is C7H7N3O2. The lowest BCUT2D eigenvalue weighted by Gasteiger charge is -1.90. The molecule has 0 bridgehead atoms. The lowest BCUT2D eigenvalue weighted by atomic mass is 10.5. The summed E-state index contributed by atoms with van der Waals surface area (Å²) < 4.78 is 1.25. The van der Waals surface area contributed by atoms with Crippen LogP contribution in [0.2, 0.25) is 0 Å². The zero-order valence-corrected chi connectivity index (χ0v) is 6.27. The summed E-state index contributed by atoms with van der Waals surface area (Å²) in [5, 5.41) is 12.1. The molecule has 0 saturated carbocycles. The summed E-state index contributed by atoms with van der Waals surface area (Å²) in [5.41, 5.74) is -0.0719. The molecule has 0 atom stereocenters. The van der Waals surface area contributed by atoms with Crippen LogP contribution in [0.3, 0.4) is 0 Å². The van der Waals surface area contributed by atoms with E-state index in [1.807, 2.05) is 0 Å². The van der Waals surface area contributed by atoms with Crippen molar-refractivity contribution in [1.29, 1.82) is 0 Å². The molecule has 0 aliphatic heterocycles. The number of aromatic carboxylic acids is 1. The van der Waals surface area contributed by atoms with E-state index in [2.05, 4.69) is 23.4 Å². The summed E-state index contributed by atoms with van der Waals surface area (Å²) in [6.45, 7) is 6.69. The second kappa shape index (κ2) is 3.00. The summed E-state index contributed by atoms with van der Waals surface area (Å²) in [6, 6.07) is 0. The summed E-state index contributed by atoms with van der Waals surface area (Å²) in [5.74, 6) is -0.733. The van der Waals surface area contributed by atoms with E-state index in [0.29, 0.717) is 5.82 Å². The Hall–Kier alpha value is -1.91. The van der Waals surface area contributed by atoms with Gasteiger partial charge >= 0.3 is 5.97 Å². The molecule has 0 aromatic carbocycles. The van der Waals surface area contributed by atoms with Crippen LogP contribution in [0.5, 0.6) is 0 Å². The number of aromatic nitrogens is 2. The second-order valence-corrected chi connectivity index (χ2v) is 1.98. The number of imidazole rings is 1. The van der Waals surface area contributed by atoms with Crippen molar-refractivity contribution in [2.24, 2.45) is 5.10 Å². The SMILES string of the molecule is C=Cc1nc(C(=O)O)cn1N=C. The Morgan fingerprint density at radius 3 is 2.83 bits per heavy atom. The second-order valence-electron chi connectivity index (χ2n) is 1.98. The fourth-order valence-electron chi connectivity index (χ4n) is 0.741. The summed E-state index contributed by atoms with van der Waals surface area (Å²) in [4.78, 5) is 14.1. The van der Waals surface area contributed by atoms with Crippen LogP contribution in [-0.2, 0) is 0 Å². The van der Waals surface area contributed by atoms with Crippen LogP contribution in [0.25, 0.3) is 6.08 Å². The maximum atomic E-state index is 10.4. The Labute approximate surface area is 68.7 Å². The average Bonchev–Trinajstić information content (AvgIpc) is 2.46. The van der Waals surface area contributed by atoms with Crippen LogP contribution >= 0.6 is 0 Å². The molecule has 1 rings (SSSR count). The molecule has 1 heterocycles. The van der Waals surface area contributed by atoms with Crippen LogP contribution in [0, 0.1) is 0 Å². The molecule has 0 amide bonds. The number of rotatable bonds is 3. The predicted molar refractivity (Wildman–Crippen MR) is 44.2 cm³/mol. The minimum atomic E-state index is -1.10. The molecule has 0 fully saturated rings. The van der Waals surface area contributed by atoms with E-state index in [4.69, 9.17) is 5.11 Å². The molecular weight excluding hydrogens is 158 g/mol. The fraction of sp³-hybridized carbons (Fsp3) is 0. The van der Waals surface area contributed by atoms with Crippen LogP contribution in [0.1, 0.15) is 16.3 Å². The minimum absolute atomic E-state index is 0.0719. The Kier molecular flexibility index (Phi) is 2.05. The summed E-state index contributed by atoms with van der Waals surface area (Å²) in [7, 11) is 0. The smallest absolute Gasteiger partial charge is 0.356 e. The molecule has 0 unspecified atom stereocenters. The molecule has 5 heteroatoms. The third kappa shape index (κ3) is 1.24. The number of nitrogens with zero attached hydrogens (tertiary/aromatic N) is 3. The molecule has 0 aliphatic rings. The van der Waals surface area contributed by atoms with Gasteiger partial charge in [-0.3, -0.25) is 0 Å². The first-order valence-corrected chi connectivity index (χ1v) is 3.11. The number of carboxylic acids is 1. The molecule has 62 valence electrons. The maximum Gasteiger partial charge on any atom is 0.356 e. The Bertz CT molecular complexity index is 315. The highest BCUT2D eigenvalue weighted by atomic mass is 16.4. The number of hydrogen-bond acceptors (Lipinski definition) is 3. The predicted octanol–water partition coefficient (Wildman–Crippen LogP) is 0.688. The highest BCUT2D eigenvalue weighted by Gasteiger charge is 2.09. The normalized spacial score (nSPS) is 9.33. The molecule has 5 nitrogen and oxygen atoms in total. The Morgan fingerprint density at radius 1 is 1.83 bits per heavy atom. The van der Waals surface area contributed by atoms with Crippen molar-refractivity contribution in [2.45, 2.75) is 0 Å². The van der Waals surface area contributed by atoms with Gasteiger partial charge < -0.3 is 5.11 Å². The first-order valence-electron chi connectivity index (χ1n) is 3.11. The molecule has 12 heavy (non-hydrogen) atoms.